The summed E-state index contributed by atoms with van der Waals surface area (Å²) in [6, 6.07) is 17.3. The molecule has 0 aliphatic heterocycles. The van der Waals surface area contributed by atoms with Crippen LogP contribution >= 0.6 is 15.9 Å². The molecule has 120 valence electrons. The second-order valence-electron chi connectivity index (χ2n) is 5.42. The van der Waals surface area contributed by atoms with Crippen molar-refractivity contribution in [1.82, 2.24) is 4.98 Å². The highest BCUT2D eigenvalue weighted by molar-refractivity contribution is 9.10. The molecule has 1 amide bonds. The van der Waals surface area contributed by atoms with E-state index in [2.05, 4.69) is 31.5 Å². The van der Waals surface area contributed by atoms with Gasteiger partial charge in [0.25, 0.3) is 5.91 Å². The molecule has 0 unspecified atom stereocenters. The van der Waals surface area contributed by atoms with E-state index in [0.29, 0.717) is 5.56 Å². The second-order valence-corrected chi connectivity index (χ2v) is 6.33. The molecule has 0 spiro atoms. The highest BCUT2D eigenvalue weighted by atomic mass is 79.9. The summed E-state index contributed by atoms with van der Waals surface area (Å²) < 4.78 is 1.01. The molecule has 0 radical (unpaired) electrons. The fourth-order valence-corrected chi connectivity index (χ4v) is 2.52. The second kappa shape index (κ2) is 7.27. The fraction of sp³-hybridized carbons (Fsp3) is 0.0526. The number of hydrogen-bond acceptors (Lipinski definition) is 3. The van der Waals surface area contributed by atoms with Gasteiger partial charge in [-0.05, 0) is 55.0 Å². The lowest BCUT2D eigenvalue weighted by molar-refractivity contribution is 0.102. The van der Waals surface area contributed by atoms with Gasteiger partial charge in [-0.1, -0.05) is 28.1 Å². The molecular formula is C19H16BrN3O. The van der Waals surface area contributed by atoms with E-state index in [1.165, 1.54) is 0 Å². The molecule has 0 atom stereocenters. The number of pyridine rings is 1. The van der Waals surface area contributed by atoms with E-state index in [1.807, 2.05) is 55.5 Å². The molecule has 5 heteroatoms. The van der Waals surface area contributed by atoms with Gasteiger partial charge < -0.3 is 10.6 Å². The number of nitrogens with zero attached hydrogens (tertiary/aromatic N) is 1. The summed E-state index contributed by atoms with van der Waals surface area (Å²) in [5.74, 6) is -0.187. The van der Waals surface area contributed by atoms with E-state index in [4.69, 9.17) is 0 Å². The maximum Gasteiger partial charge on any atom is 0.257 e. The molecule has 0 fully saturated rings. The Balaban J connectivity index is 1.74. The Morgan fingerprint density at radius 1 is 0.958 bits per heavy atom. The predicted molar refractivity (Wildman–Crippen MR) is 101 cm³/mol. The van der Waals surface area contributed by atoms with Gasteiger partial charge in [0.1, 0.15) is 0 Å². The van der Waals surface area contributed by atoms with E-state index in [9.17, 15) is 4.79 Å². The lowest BCUT2D eigenvalue weighted by atomic mass is 10.2. The number of aryl methyl sites for hydroxylation is 1. The largest absolute Gasteiger partial charge is 0.354 e. The molecular weight excluding hydrogens is 366 g/mol. The van der Waals surface area contributed by atoms with Gasteiger partial charge in [-0.2, -0.15) is 0 Å². The quantitative estimate of drug-likeness (QED) is 0.656. The zero-order valence-corrected chi connectivity index (χ0v) is 14.7. The van der Waals surface area contributed by atoms with Gasteiger partial charge in [-0.15, -0.1) is 0 Å². The Morgan fingerprint density at radius 2 is 1.75 bits per heavy atom. The summed E-state index contributed by atoms with van der Waals surface area (Å²) in [6.45, 7) is 1.99. The van der Waals surface area contributed by atoms with Crippen molar-refractivity contribution in [1.29, 1.82) is 0 Å². The Labute approximate surface area is 149 Å². The summed E-state index contributed by atoms with van der Waals surface area (Å²) in [5.41, 5.74) is 4.05. The first-order chi connectivity index (χ1) is 11.6. The number of carbonyl (C=O) groups excluding carboxylic acids is 1. The molecule has 2 N–H and O–H groups in total. The predicted octanol–water partition coefficient (Wildman–Crippen LogP) is 5.15. The van der Waals surface area contributed by atoms with Crippen LogP contribution in [0.5, 0.6) is 0 Å². The number of amides is 1. The number of aromatic nitrogens is 1. The van der Waals surface area contributed by atoms with Crippen LogP contribution in [0.2, 0.25) is 0 Å². The minimum absolute atomic E-state index is 0.187. The van der Waals surface area contributed by atoms with Crippen molar-refractivity contribution < 1.29 is 4.79 Å². The van der Waals surface area contributed by atoms with Crippen LogP contribution in [-0.2, 0) is 0 Å². The number of halogens is 1. The first-order valence-corrected chi connectivity index (χ1v) is 8.25. The molecule has 2 aromatic carbocycles. The topological polar surface area (TPSA) is 54.0 Å². The van der Waals surface area contributed by atoms with Crippen LogP contribution in [0.25, 0.3) is 0 Å². The monoisotopic (exact) mass is 381 g/mol. The molecule has 1 heterocycles. The van der Waals surface area contributed by atoms with Crippen molar-refractivity contribution in [2.24, 2.45) is 0 Å². The van der Waals surface area contributed by atoms with E-state index < -0.39 is 0 Å². The summed E-state index contributed by atoms with van der Waals surface area (Å²) in [6.07, 6.45) is 3.24. The lowest BCUT2D eigenvalue weighted by Gasteiger charge is -2.09. The van der Waals surface area contributed by atoms with Gasteiger partial charge in [0.15, 0.2) is 0 Å². The minimum atomic E-state index is -0.187. The number of carbonyl (C=O) groups is 1. The Hall–Kier alpha value is -2.66. The van der Waals surface area contributed by atoms with Crippen LogP contribution < -0.4 is 10.6 Å². The van der Waals surface area contributed by atoms with Gasteiger partial charge in [0.2, 0.25) is 0 Å². The van der Waals surface area contributed by atoms with E-state index in [0.717, 1.165) is 27.1 Å². The minimum Gasteiger partial charge on any atom is -0.354 e. The average molecular weight is 382 g/mol. The van der Waals surface area contributed by atoms with Crippen LogP contribution in [-0.4, -0.2) is 10.9 Å². The van der Waals surface area contributed by atoms with E-state index in [1.54, 1.807) is 18.5 Å². The van der Waals surface area contributed by atoms with Crippen molar-refractivity contribution in [3.8, 4) is 0 Å². The standard InChI is InChI=1S/C19H16BrN3O/c1-13-3-2-4-17(9-13)23-19(24)14-10-18(12-21-11-14)22-16-7-5-15(20)6-8-16/h2-12,22H,1H3,(H,23,24). The van der Waals surface area contributed by atoms with Crippen LogP contribution in [0.1, 0.15) is 15.9 Å². The molecule has 24 heavy (non-hydrogen) atoms. The van der Waals surface area contributed by atoms with Gasteiger partial charge in [0, 0.05) is 22.0 Å². The first kappa shape index (κ1) is 16.2. The summed E-state index contributed by atoms with van der Waals surface area (Å²) in [5, 5.41) is 6.12. The molecule has 0 bridgehead atoms. The third-order valence-corrected chi connectivity index (χ3v) is 3.94. The smallest absolute Gasteiger partial charge is 0.257 e. The van der Waals surface area contributed by atoms with Crippen LogP contribution in [0, 0.1) is 6.92 Å². The summed E-state index contributed by atoms with van der Waals surface area (Å²) >= 11 is 3.41. The SMILES string of the molecule is Cc1cccc(NC(=O)c2cncc(Nc3ccc(Br)cc3)c2)c1. The van der Waals surface area contributed by atoms with E-state index in [-0.39, 0.29) is 5.91 Å². The Bertz CT molecular complexity index is 862. The van der Waals surface area contributed by atoms with Gasteiger partial charge in [0.05, 0.1) is 17.4 Å². The number of rotatable bonds is 4. The summed E-state index contributed by atoms with van der Waals surface area (Å²) in [7, 11) is 0. The number of nitrogens with one attached hydrogen (secondary N) is 2. The number of hydrogen-bond donors (Lipinski definition) is 2. The molecule has 3 rings (SSSR count). The molecule has 0 saturated carbocycles. The Kier molecular flexibility index (Phi) is 4.91. The maximum absolute atomic E-state index is 12.4. The summed E-state index contributed by atoms with van der Waals surface area (Å²) in [4.78, 5) is 16.5. The van der Waals surface area contributed by atoms with Crippen LogP contribution in [0.15, 0.2) is 71.5 Å². The van der Waals surface area contributed by atoms with Gasteiger partial charge in [-0.25, -0.2) is 0 Å². The van der Waals surface area contributed by atoms with Crippen LogP contribution in [0.3, 0.4) is 0 Å². The number of benzene rings is 2. The third kappa shape index (κ3) is 4.20. The molecule has 0 saturated heterocycles. The zero-order chi connectivity index (χ0) is 16.9. The molecule has 1 aromatic heterocycles. The first-order valence-electron chi connectivity index (χ1n) is 7.46. The average Bonchev–Trinajstić information content (AvgIpc) is 2.57. The lowest BCUT2D eigenvalue weighted by Crippen LogP contribution is -2.12. The van der Waals surface area contributed by atoms with Crippen LogP contribution in [0.4, 0.5) is 17.1 Å². The molecule has 0 aliphatic carbocycles. The highest BCUT2D eigenvalue weighted by Crippen LogP contribution is 2.20. The van der Waals surface area contributed by atoms with Gasteiger partial charge in [-0.3, -0.25) is 9.78 Å². The van der Waals surface area contributed by atoms with Gasteiger partial charge >= 0.3 is 0 Å². The van der Waals surface area contributed by atoms with Crippen molar-refractivity contribution >= 4 is 38.9 Å². The Morgan fingerprint density at radius 3 is 2.50 bits per heavy atom. The zero-order valence-electron chi connectivity index (χ0n) is 13.1. The molecule has 3 aromatic rings. The van der Waals surface area contributed by atoms with Crippen molar-refractivity contribution in [3.63, 3.8) is 0 Å². The normalized spacial score (nSPS) is 10.2. The fourth-order valence-electron chi connectivity index (χ4n) is 2.26. The highest BCUT2D eigenvalue weighted by Gasteiger charge is 2.08. The third-order valence-electron chi connectivity index (χ3n) is 3.41. The maximum atomic E-state index is 12.4. The van der Waals surface area contributed by atoms with Crippen molar-refractivity contribution in [2.75, 3.05) is 10.6 Å². The number of anilines is 3. The molecule has 0 aliphatic rings. The van der Waals surface area contributed by atoms with Crippen molar-refractivity contribution in [3.05, 3.63) is 82.6 Å². The van der Waals surface area contributed by atoms with Crippen molar-refractivity contribution in [2.45, 2.75) is 6.92 Å². The molecule has 4 nitrogen and oxygen atoms in total. The van der Waals surface area contributed by atoms with E-state index >= 15 is 0 Å².